The van der Waals surface area contributed by atoms with Crippen LogP contribution in [-0.2, 0) is 0 Å². The maximum absolute atomic E-state index is 6.28. The minimum Gasteiger partial charge on any atom is -0.322 e. The molecule has 2 nitrogen and oxygen atoms in total. The van der Waals surface area contributed by atoms with Gasteiger partial charge in [0.25, 0.3) is 0 Å². The first-order valence-electron chi connectivity index (χ1n) is 6.04. The molecule has 0 amide bonds. The highest BCUT2D eigenvalue weighted by atomic mass is 14.8. The summed E-state index contributed by atoms with van der Waals surface area (Å²) in [5.41, 5.74) is 7.34. The summed E-state index contributed by atoms with van der Waals surface area (Å²) >= 11 is 0. The number of nitrogens with two attached hydrogens (primary N) is 1. The number of pyridine rings is 1. The zero-order chi connectivity index (χ0) is 10.5. The second-order valence-electron chi connectivity index (χ2n) is 4.53. The molecule has 1 aliphatic rings. The summed E-state index contributed by atoms with van der Waals surface area (Å²) < 4.78 is 0. The lowest BCUT2D eigenvalue weighted by atomic mass is 9.90. The molecule has 1 aliphatic carbocycles. The van der Waals surface area contributed by atoms with Crippen molar-refractivity contribution in [1.29, 1.82) is 0 Å². The summed E-state index contributed by atoms with van der Waals surface area (Å²) in [6.45, 7) is 0. The van der Waals surface area contributed by atoms with Crippen molar-refractivity contribution < 1.29 is 0 Å². The van der Waals surface area contributed by atoms with E-state index < -0.39 is 0 Å². The van der Waals surface area contributed by atoms with Gasteiger partial charge in [-0.25, -0.2) is 0 Å². The molecule has 15 heavy (non-hydrogen) atoms. The van der Waals surface area contributed by atoms with E-state index in [4.69, 9.17) is 5.73 Å². The lowest BCUT2D eigenvalue weighted by Gasteiger charge is -2.21. The first-order valence-corrected chi connectivity index (χ1v) is 6.04. The normalized spacial score (nSPS) is 20.9. The zero-order valence-corrected chi connectivity index (χ0v) is 9.23. The van der Waals surface area contributed by atoms with Gasteiger partial charge in [0.15, 0.2) is 0 Å². The average molecular weight is 204 g/mol. The second kappa shape index (κ2) is 5.26. The molecule has 1 fully saturated rings. The van der Waals surface area contributed by atoms with Gasteiger partial charge in [-0.2, -0.15) is 0 Å². The van der Waals surface area contributed by atoms with Crippen LogP contribution in [0.3, 0.4) is 0 Å². The summed E-state index contributed by atoms with van der Waals surface area (Å²) in [7, 11) is 0. The Labute approximate surface area is 91.9 Å². The number of hydrogen-bond donors (Lipinski definition) is 1. The Morgan fingerprint density at radius 1 is 1.13 bits per heavy atom. The summed E-state index contributed by atoms with van der Waals surface area (Å²) in [5, 5.41) is 0. The molecule has 0 unspecified atom stereocenters. The molecule has 2 rings (SSSR count). The maximum Gasteiger partial charge on any atom is 0.0573 e. The molecule has 0 saturated heterocycles. The van der Waals surface area contributed by atoms with E-state index in [1.807, 2.05) is 18.3 Å². The van der Waals surface area contributed by atoms with Gasteiger partial charge in [0.2, 0.25) is 0 Å². The van der Waals surface area contributed by atoms with Crippen molar-refractivity contribution in [2.75, 3.05) is 0 Å². The van der Waals surface area contributed by atoms with Gasteiger partial charge in [-0.05, 0) is 30.9 Å². The molecule has 1 atom stereocenters. The van der Waals surface area contributed by atoms with Crippen LogP contribution in [0.25, 0.3) is 0 Å². The van der Waals surface area contributed by atoms with Gasteiger partial charge in [-0.3, -0.25) is 4.98 Å². The predicted octanol–water partition coefficient (Wildman–Crippen LogP) is 3.05. The van der Waals surface area contributed by atoms with E-state index in [1.54, 1.807) is 0 Å². The predicted molar refractivity (Wildman–Crippen MR) is 62.4 cm³/mol. The fourth-order valence-corrected chi connectivity index (χ4v) is 2.48. The highest BCUT2D eigenvalue weighted by molar-refractivity contribution is 5.09. The smallest absolute Gasteiger partial charge is 0.0573 e. The van der Waals surface area contributed by atoms with Crippen LogP contribution in [0.15, 0.2) is 24.4 Å². The molecule has 1 saturated carbocycles. The van der Waals surface area contributed by atoms with Crippen LogP contribution < -0.4 is 5.73 Å². The number of aromatic nitrogens is 1. The molecule has 1 heterocycles. The highest BCUT2D eigenvalue weighted by Gasteiger charge is 2.21. The third kappa shape index (κ3) is 2.78. The minimum absolute atomic E-state index is 0.143. The molecule has 0 bridgehead atoms. The highest BCUT2D eigenvalue weighted by Crippen LogP contribution is 2.30. The fourth-order valence-electron chi connectivity index (χ4n) is 2.48. The molecule has 0 radical (unpaired) electrons. The second-order valence-corrected chi connectivity index (χ2v) is 4.53. The van der Waals surface area contributed by atoms with E-state index in [2.05, 4.69) is 11.1 Å². The summed E-state index contributed by atoms with van der Waals surface area (Å²) in [4.78, 5) is 4.36. The Kier molecular flexibility index (Phi) is 3.73. The van der Waals surface area contributed by atoms with Crippen molar-refractivity contribution in [2.24, 2.45) is 11.7 Å². The average Bonchev–Trinajstić information content (AvgIpc) is 2.58. The molecule has 0 aromatic carbocycles. The Bertz CT molecular complexity index is 276. The Morgan fingerprint density at radius 2 is 1.87 bits per heavy atom. The van der Waals surface area contributed by atoms with Crippen molar-refractivity contribution in [3.05, 3.63) is 30.1 Å². The van der Waals surface area contributed by atoms with Crippen LogP contribution in [0.2, 0.25) is 0 Å². The fraction of sp³-hybridized carbons (Fsp3) is 0.615. The largest absolute Gasteiger partial charge is 0.322 e. The molecule has 1 aromatic rings. The van der Waals surface area contributed by atoms with Crippen molar-refractivity contribution in [3.8, 4) is 0 Å². The van der Waals surface area contributed by atoms with Gasteiger partial charge in [0.05, 0.1) is 5.69 Å². The standard InChI is InChI=1S/C13H20N2/c14-13(12-9-5-6-10-15-12)11-7-3-1-2-4-8-11/h5-6,9-11,13H,1-4,7-8,14H2/t13-/m0/s1. The van der Waals surface area contributed by atoms with Crippen molar-refractivity contribution >= 4 is 0 Å². The molecule has 82 valence electrons. The van der Waals surface area contributed by atoms with Crippen LogP contribution in [0.4, 0.5) is 0 Å². The van der Waals surface area contributed by atoms with E-state index in [-0.39, 0.29) is 6.04 Å². The van der Waals surface area contributed by atoms with Crippen LogP contribution in [0.5, 0.6) is 0 Å². The van der Waals surface area contributed by atoms with E-state index in [0.717, 1.165) is 5.69 Å². The molecule has 2 N–H and O–H groups in total. The van der Waals surface area contributed by atoms with E-state index in [0.29, 0.717) is 5.92 Å². The van der Waals surface area contributed by atoms with Crippen molar-refractivity contribution in [2.45, 2.75) is 44.6 Å². The Hall–Kier alpha value is -0.890. The van der Waals surface area contributed by atoms with Crippen LogP contribution in [0, 0.1) is 5.92 Å². The number of nitrogens with zero attached hydrogens (tertiary/aromatic N) is 1. The molecule has 0 aliphatic heterocycles. The van der Waals surface area contributed by atoms with Crippen LogP contribution in [0.1, 0.15) is 50.3 Å². The summed E-state index contributed by atoms with van der Waals surface area (Å²) in [6.07, 6.45) is 9.83. The maximum atomic E-state index is 6.28. The molecular weight excluding hydrogens is 184 g/mol. The Morgan fingerprint density at radius 3 is 2.47 bits per heavy atom. The van der Waals surface area contributed by atoms with E-state index >= 15 is 0 Å². The topological polar surface area (TPSA) is 38.9 Å². The molecular formula is C13H20N2. The summed E-state index contributed by atoms with van der Waals surface area (Å²) in [5.74, 6) is 0.641. The molecule has 0 spiro atoms. The first kappa shape index (κ1) is 10.6. The molecule has 1 aromatic heterocycles. The first-order chi connectivity index (χ1) is 7.38. The third-order valence-corrected chi connectivity index (χ3v) is 3.44. The minimum atomic E-state index is 0.143. The van der Waals surface area contributed by atoms with Gasteiger partial charge in [0.1, 0.15) is 0 Å². The quantitative estimate of drug-likeness (QED) is 0.752. The van der Waals surface area contributed by atoms with Crippen molar-refractivity contribution in [3.63, 3.8) is 0 Å². The van der Waals surface area contributed by atoms with Crippen molar-refractivity contribution in [1.82, 2.24) is 4.98 Å². The molecule has 2 heteroatoms. The number of rotatable bonds is 2. The lowest BCUT2D eigenvalue weighted by Crippen LogP contribution is -2.22. The Balaban J connectivity index is 2.03. The van der Waals surface area contributed by atoms with E-state index in [1.165, 1.54) is 38.5 Å². The summed E-state index contributed by atoms with van der Waals surface area (Å²) in [6, 6.07) is 6.17. The van der Waals surface area contributed by atoms with Gasteiger partial charge < -0.3 is 5.73 Å². The SMILES string of the molecule is N[C@H](c1ccccn1)C1CCCCCC1. The van der Waals surface area contributed by atoms with Gasteiger partial charge in [0, 0.05) is 12.2 Å². The van der Waals surface area contributed by atoms with Crippen LogP contribution in [-0.4, -0.2) is 4.98 Å². The van der Waals surface area contributed by atoms with Crippen LogP contribution >= 0.6 is 0 Å². The van der Waals surface area contributed by atoms with Gasteiger partial charge in [-0.1, -0.05) is 31.7 Å². The van der Waals surface area contributed by atoms with Gasteiger partial charge >= 0.3 is 0 Å². The monoisotopic (exact) mass is 204 g/mol. The lowest BCUT2D eigenvalue weighted by molar-refractivity contribution is 0.377. The third-order valence-electron chi connectivity index (χ3n) is 3.44. The number of hydrogen-bond acceptors (Lipinski definition) is 2. The van der Waals surface area contributed by atoms with Gasteiger partial charge in [-0.15, -0.1) is 0 Å². The zero-order valence-electron chi connectivity index (χ0n) is 9.23. The van der Waals surface area contributed by atoms with E-state index in [9.17, 15) is 0 Å².